The number of aromatic nitrogens is 2. The minimum Gasteiger partial charge on any atom is -0.467 e. The summed E-state index contributed by atoms with van der Waals surface area (Å²) < 4.78 is 5.30. The first kappa shape index (κ1) is 12.6. The number of nitrogens with zero attached hydrogens (tertiary/aromatic N) is 3. The van der Waals surface area contributed by atoms with E-state index in [0.717, 1.165) is 30.4 Å². The van der Waals surface area contributed by atoms with E-state index in [2.05, 4.69) is 22.2 Å². The van der Waals surface area contributed by atoms with Crippen molar-refractivity contribution in [3.8, 4) is 0 Å². The average Bonchev–Trinajstić information content (AvgIpc) is 2.89. The summed E-state index contributed by atoms with van der Waals surface area (Å²) in [6.45, 7) is 4.45. The standard InChI is InChI=1S/C13H18N4O/c1-3-14-7-11-8-16-13(9-15-11)17(2)10-12-5-4-6-18-12/h4-6,8-9,14H,3,7,10H2,1-2H3. The molecule has 0 saturated heterocycles. The number of anilines is 1. The van der Waals surface area contributed by atoms with E-state index >= 15 is 0 Å². The van der Waals surface area contributed by atoms with Crippen LogP contribution in [0.1, 0.15) is 18.4 Å². The van der Waals surface area contributed by atoms with Crippen molar-refractivity contribution in [3.05, 3.63) is 42.2 Å². The summed E-state index contributed by atoms with van der Waals surface area (Å²) >= 11 is 0. The van der Waals surface area contributed by atoms with Gasteiger partial charge in [0, 0.05) is 13.6 Å². The Morgan fingerprint density at radius 2 is 2.22 bits per heavy atom. The third-order valence-electron chi connectivity index (χ3n) is 2.61. The molecule has 2 heterocycles. The Labute approximate surface area is 107 Å². The fourth-order valence-corrected chi connectivity index (χ4v) is 1.61. The van der Waals surface area contributed by atoms with Gasteiger partial charge >= 0.3 is 0 Å². The Balaban J connectivity index is 1.96. The Morgan fingerprint density at radius 1 is 1.33 bits per heavy atom. The van der Waals surface area contributed by atoms with Gasteiger partial charge in [-0.25, -0.2) is 4.98 Å². The molecule has 0 unspecified atom stereocenters. The first-order chi connectivity index (χ1) is 8.79. The molecule has 0 aliphatic heterocycles. The quantitative estimate of drug-likeness (QED) is 0.842. The summed E-state index contributed by atoms with van der Waals surface area (Å²) in [5, 5.41) is 3.22. The van der Waals surface area contributed by atoms with E-state index in [-0.39, 0.29) is 0 Å². The van der Waals surface area contributed by atoms with Crippen molar-refractivity contribution in [1.82, 2.24) is 15.3 Å². The Kier molecular flexibility index (Phi) is 4.30. The van der Waals surface area contributed by atoms with Crippen molar-refractivity contribution >= 4 is 5.82 Å². The van der Waals surface area contributed by atoms with Crippen molar-refractivity contribution in [1.29, 1.82) is 0 Å². The van der Waals surface area contributed by atoms with E-state index in [1.165, 1.54) is 0 Å². The zero-order chi connectivity index (χ0) is 12.8. The molecule has 0 bridgehead atoms. The summed E-state index contributed by atoms with van der Waals surface area (Å²) in [4.78, 5) is 10.8. The van der Waals surface area contributed by atoms with E-state index in [1.807, 2.05) is 24.1 Å². The highest BCUT2D eigenvalue weighted by molar-refractivity contribution is 5.34. The number of hydrogen-bond donors (Lipinski definition) is 1. The van der Waals surface area contributed by atoms with Crippen molar-refractivity contribution < 1.29 is 4.42 Å². The summed E-state index contributed by atoms with van der Waals surface area (Å²) in [7, 11) is 1.97. The normalized spacial score (nSPS) is 10.6. The molecule has 0 aromatic carbocycles. The fourth-order valence-electron chi connectivity index (χ4n) is 1.61. The summed E-state index contributed by atoms with van der Waals surface area (Å²) in [6, 6.07) is 3.83. The summed E-state index contributed by atoms with van der Waals surface area (Å²) in [5.41, 5.74) is 0.951. The minimum absolute atomic E-state index is 0.689. The molecule has 0 aliphatic carbocycles. The predicted octanol–water partition coefficient (Wildman–Crippen LogP) is 1.82. The average molecular weight is 246 g/mol. The monoisotopic (exact) mass is 246 g/mol. The molecule has 0 spiro atoms. The molecule has 0 atom stereocenters. The summed E-state index contributed by atoms with van der Waals surface area (Å²) in [6.07, 6.45) is 5.26. The maximum Gasteiger partial charge on any atom is 0.147 e. The van der Waals surface area contributed by atoms with Crippen molar-refractivity contribution in [2.45, 2.75) is 20.0 Å². The molecule has 5 nitrogen and oxygen atoms in total. The third kappa shape index (κ3) is 3.30. The lowest BCUT2D eigenvalue weighted by Gasteiger charge is -2.16. The van der Waals surface area contributed by atoms with Crippen LogP contribution in [0.4, 0.5) is 5.82 Å². The Morgan fingerprint density at radius 3 is 2.83 bits per heavy atom. The van der Waals surface area contributed by atoms with Crippen molar-refractivity contribution in [2.24, 2.45) is 0 Å². The molecule has 0 radical (unpaired) electrons. The molecule has 2 rings (SSSR count). The van der Waals surface area contributed by atoms with E-state index in [9.17, 15) is 0 Å². The highest BCUT2D eigenvalue weighted by Gasteiger charge is 2.06. The molecule has 18 heavy (non-hydrogen) atoms. The topological polar surface area (TPSA) is 54.2 Å². The van der Waals surface area contributed by atoms with Gasteiger partial charge in [-0.05, 0) is 18.7 Å². The van der Waals surface area contributed by atoms with Gasteiger partial charge in [0.05, 0.1) is 30.9 Å². The van der Waals surface area contributed by atoms with Gasteiger partial charge in [0.15, 0.2) is 0 Å². The molecule has 2 aromatic rings. The van der Waals surface area contributed by atoms with Crippen LogP contribution in [0.25, 0.3) is 0 Å². The van der Waals surface area contributed by atoms with E-state index < -0.39 is 0 Å². The molecule has 96 valence electrons. The van der Waals surface area contributed by atoms with Crippen LogP contribution in [-0.2, 0) is 13.1 Å². The van der Waals surface area contributed by atoms with E-state index in [4.69, 9.17) is 4.42 Å². The van der Waals surface area contributed by atoms with Gasteiger partial charge in [-0.2, -0.15) is 0 Å². The van der Waals surface area contributed by atoms with Gasteiger partial charge in [-0.15, -0.1) is 0 Å². The summed E-state index contributed by atoms with van der Waals surface area (Å²) in [5.74, 6) is 1.75. The highest BCUT2D eigenvalue weighted by atomic mass is 16.3. The smallest absolute Gasteiger partial charge is 0.147 e. The van der Waals surface area contributed by atoms with Gasteiger partial charge in [-0.3, -0.25) is 4.98 Å². The SMILES string of the molecule is CCNCc1cnc(N(C)Cc2ccco2)cn1. The van der Waals surface area contributed by atoms with Crippen LogP contribution in [0.15, 0.2) is 35.2 Å². The van der Waals surface area contributed by atoms with Crippen LogP contribution in [0.2, 0.25) is 0 Å². The zero-order valence-electron chi connectivity index (χ0n) is 10.8. The number of rotatable bonds is 6. The van der Waals surface area contributed by atoms with Crippen LogP contribution in [0.5, 0.6) is 0 Å². The maximum atomic E-state index is 5.30. The molecule has 5 heteroatoms. The molecule has 0 fully saturated rings. The van der Waals surface area contributed by atoms with Crippen LogP contribution < -0.4 is 10.2 Å². The number of furan rings is 1. The van der Waals surface area contributed by atoms with Gasteiger partial charge < -0.3 is 14.6 Å². The maximum absolute atomic E-state index is 5.30. The third-order valence-corrected chi connectivity index (χ3v) is 2.61. The molecule has 1 N–H and O–H groups in total. The van der Waals surface area contributed by atoms with Crippen LogP contribution in [0.3, 0.4) is 0 Å². The van der Waals surface area contributed by atoms with E-state index in [0.29, 0.717) is 6.54 Å². The zero-order valence-corrected chi connectivity index (χ0v) is 10.8. The van der Waals surface area contributed by atoms with Crippen molar-refractivity contribution in [2.75, 3.05) is 18.5 Å². The first-order valence-corrected chi connectivity index (χ1v) is 6.04. The molecular weight excluding hydrogens is 228 g/mol. The fraction of sp³-hybridized carbons (Fsp3) is 0.385. The largest absolute Gasteiger partial charge is 0.467 e. The second kappa shape index (κ2) is 6.16. The molecule has 0 saturated carbocycles. The molecular formula is C13H18N4O. The van der Waals surface area contributed by atoms with E-state index in [1.54, 1.807) is 18.7 Å². The lowest BCUT2D eigenvalue weighted by molar-refractivity contribution is 0.507. The Hall–Kier alpha value is -1.88. The number of nitrogens with one attached hydrogen (secondary N) is 1. The van der Waals surface area contributed by atoms with Gasteiger partial charge in [-0.1, -0.05) is 6.92 Å². The predicted molar refractivity (Wildman–Crippen MR) is 70.2 cm³/mol. The van der Waals surface area contributed by atoms with Crippen LogP contribution in [0, 0.1) is 0 Å². The Bertz CT molecular complexity index is 452. The molecule has 2 aromatic heterocycles. The minimum atomic E-state index is 0.689. The lowest BCUT2D eigenvalue weighted by Crippen LogP contribution is -2.18. The number of hydrogen-bond acceptors (Lipinski definition) is 5. The second-order valence-electron chi connectivity index (χ2n) is 4.08. The van der Waals surface area contributed by atoms with Gasteiger partial charge in [0.25, 0.3) is 0 Å². The van der Waals surface area contributed by atoms with Crippen molar-refractivity contribution in [3.63, 3.8) is 0 Å². The van der Waals surface area contributed by atoms with Crippen LogP contribution in [-0.4, -0.2) is 23.6 Å². The van der Waals surface area contributed by atoms with Crippen LogP contribution >= 0.6 is 0 Å². The molecule has 0 amide bonds. The molecule has 0 aliphatic rings. The second-order valence-corrected chi connectivity index (χ2v) is 4.08. The lowest BCUT2D eigenvalue weighted by atomic mass is 10.4. The first-order valence-electron chi connectivity index (χ1n) is 6.04. The highest BCUT2D eigenvalue weighted by Crippen LogP contribution is 2.11. The van der Waals surface area contributed by atoms with Gasteiger partial charge in [0.2, 0.25) is 0 Å². The van der Waals surface area contributed by atoms with Gasteiger partial charge in [0.1, 0.15) is 11.6 Å².